The van der Waals surface area contributed by atoms with Crippen molar-refractivity contribution >= 4 is 41.4 Å². The van der Waals surface area contributed by atoms with E-state index >= 15 is 0 Å². The SMILES string of the molecule is CNC(=O)NCc1ccccc1-c1ccc(CN2Cc3ccc(SC)cc3S[C@@H](NC(=O)CC(C)(C)NC[C@@H](C)O)C2=O)cc1. The van der Waals surface area contributed by atoms with Gasteiger partial charge in [-0.2, -0.15) is 0 Å². The van der Waals surface area contributed by atoms with Crippen LogP contribution in [0.1, 0.15) is 43.9 Å². The second-order valence-electron chi connectivity index (χ2n) is 11.8. The summed E-state index contributed by atoms with van der Waals surface area (Å²) in [4.78, 5) is 42.8. The Kier molecular flexibility index (Phi) is 12.0. The van der Waals surface area contributed by atoms with Gasteiger partial charge in [-0.15, -0.1) is 11.8 Å². The van der Waals surface area contributed by atoms with Gasteiger partial charge in [0.15, 0.2) is 5.37 Å². The second kappa shape index (κ2) is 15.7. The van der Waals surface area contributed by atoms with Crippen molar-refractivity contribution in [2.45, 2.75) is 73.6 Å². The van der Waals surface area contributed by atoms with Crippen LogP contribution in [0.5, 0.6) is 0 Å². The maximum Gasteiger partial charge on any atom is 0.314 e. The molecule has 3 aromatic carbocycles. The van der Waals surface area contributed by atoms with E-state index in [0.717, 1.165) is 37.6 Å². The molecule has 2 atom stereocenters. The number of nitrogens with one attached hydrogen (secondary N) is 4. The lowest BCUT2D eigenvalue weighted by Gasteiger charge is -2.28. The van der Waals surface area contributed by atoms with E-state index in [4.69, 9.17) is 0 Å². The molecular weight excluding hydrogens is 607 g/mol. The minimum Gasteiger partial charge on any atom is -0.392 e. The van der Waals surface area contributed by atoms with Crippen LogP contribution in [0.15, 0.2) is 76.5 Å². The molecule has 0 aromatic heterocycles. The van der Waals surface area contributed by atoms with Crippen molar-refractivity contribution in [3.8, 4) is 11.1 Å². The normalized spacial score (nSPS) is 15.6. The molecule has 0 unspecified atom stereocenters. The third-order valence-corrected chi connectivity index (χ3v) is 9.42. The fourth-order valence-corrected chi connectivity index (χ4v) is 6.76. The molecule has 1 aliphatic heterocycles. The van der Waals surface area contributed by atoms with Gasteiger partial charge in [0, 0.05) is 55.0 Å². The van der Waals surface area contributed by atoms with E-state index in [9.17, 15) is 19.5 Å². The van der Waals surface area contributed by atoms with Crippen molar-refractivity contribution in [2.24, 2.45) is 0 Å². The molecule has 1 heterocycles. The zero-order chi connectivity index (χ0) is 32.6. The largest absolute Gasteiger partial charge is 0.392 e. The molecule has 11 heteroatoms. The van der Waals surface area contributed by atoms with Gasteiger partial charge in [-0.3, -0.25) is 9.59 Å². The predicted octanol–water partition coefficient (Wildman–Crippen LogP) is 4.72. The number of aliphatic hydroxyl groups excluding tert-OH is 1. The molecule has 0 spiro atoms. The van der Waals surface area contributed by atoms with E-state index in [0.29, 0.717) is 26.2 Å². The number of rotatable bonds is 12. The first-order valence-corrected chi connectivity index (χ1v) is 17.1. The van der Waals surface area contributed by atoms with Crippen LogP contribution in [-0.2, 0) is 29.2 Å². The number of carbonyl (C=O) groups is 3. The fraction of sp³-hybridized carbons (Fsp3) is 0.382. The number of nitrogens with zero attached hydrogens (tertiary/aromatic N) is 1. The summed E-state index contributed by atoms with van der Waals surface area (Å²) in [6.45, 7) is 7.09. The topological polar surface area (TPSA) is 123 Å². The van der Waals surface area contributed by atoms with Gasteiger partial charge in [0.05, 0.1) is 6.10 Å². The van der Waals surface area contributed by atoms with Crippen molar-refractivity contribution in [1.29, 1.82) is 0 Å². The van der Waals surface area contributed by atoms with Crippen molar-refractivity contribution in [3.05, 3.63) is 83.4 Å². The Hall–Kier alpha value is -3.51. The van der Waals surface area contributed by atoms with E-state index < -0.39 is 17.0 Å². The molecule has 0 saturated carbocycles. The number of amides is 4. The molecule has 0 aliphatic carbocycles. The zero-order valence-electron chi connectivity index (χ0n) is 26.5. The zero-order valence-corrected chi connectivity index (χ0v) is 28.1. The average molecular weight is 650 g/mol. The molecule has 0 fully saturated rings. The number of urea groups is 1. The van der Waals surface area contributed by atoms with Gasteiger partial charge in [0.1, 0.15) is 0 Å². The summed E-state index contributed by atoms with van der Waals surface area (Å²) >= 11 is 3.02. The summed E-state index contributed by atoms with van der Waals surface area (Å²) in [5.41, 5.74) is 4.49. The number of fused-ring (bicyclic) bond motifs is 1. The van der Waals surface area contributed by atoms with Crippen LogP contribution >= 0.6 is 23.5 Å². The van der Waals surface area contributed by atoms with Crippen LogP contribution in [0.25, 0.3) is 11.1 Å². The summed E-state index contributed by atoms with van der Waals surface area (Å²) in [6.07, 6.45) is 1.64. The van der Waals surface area contributed by atoms with E-state index in [2.05, 4.69) is 39.5 Å². The summed E-state index contributed by atoms with van der Waals surface area (Å²) in [5, 5.41) is 20.5. The highest BCUT2D eigenvalue weighted by Crippen LogP contribution is 2.35. The van der Waals surface area contributed by atoms with Gasteiger partial charge in [0.2, 0.25) is 5.91 Å². The monoisotopic (exact) mass is 649 g/mol. The molecule has 4 amide bonds. The highest BCUT2D eigenvalue weighted by Gasteiger charge is 2.33. The van der Waals surface area contributed by atoms with Gasteiger partial charge in [-0.25, -0.2) is 4.79 Å². The van der Waals surface area contributed by atoms with E-state index in [-0.39, 0.29) is 24.3 Å². The molecule has 0 radical (unpaired) electrons. The predicted molar refractivity (Wildman–Crippen MR) is 182 cm³/mol. The molecule has 45 heavy (non-hydrogen) atoms. The summed E-state index contributed by atoms with van der Waals surface area (Å²) < 4.78 is 0. The lowest BCUT2D eigenvalue weighted by Crippen LogP contribution is -2.50. The van der Waals surface area contributed by atoms with Gasteiger partial charge in [0.25, 0.3) is 5.91 Å². The molecule has 0 saturated heterocycles. The molecular formula is C34H43N5O4S2. The van der Waals surface area contributed by atoms with Gasteiger partial charge in [-0.05, 0) is 67.0 Å². The maximum absolute atomic E-state index is 14.0. The molecule has 240 valence electrons. The molecule has 4 rings (SSSR count). The summed E-state index contributed by atoms with van der Waals surface area (Å²) in [6, 6.07) is 22.0. The second-order valence-corrected chi connectivity index (χ2v) is 13.8. The Morgan fingerprint density at radius 3 is 2.53 bits per heavy atom. The molecule has 0 bridgehead atoms. The van der Waals surface area contributed by atoms with Crippen LogP contribution in [0.2, 0.25) is 0 Å². The molecule has 3 aromatic rings. The molecule has 5 N–H and O–H groups in total. The molecule has 1 aliphatic rings. The standard InChI is InChI=1S/C34H43N5O4S2/c1-22(40)18-37-34(2,3)17-30(41)38-31-32(42)39(21-26-14-15-27(44-5)16-29(26)45-31)20-23-10-12-24(13-11-23)28-9-7-6-8-25(28)19-36-33(43)35-4/h6-16,22,31,37,40H,17-21H2,1-5H3,(H,38,41)(H2,35,36,43)/t22-,31-/m1/s1. The number of thioether (sulfide) groups is 2. The fourth-order valence-electron chi connectivity index (χ4n) is 5.07. The third kappa shape index (κ3) is 9.74. The minimum absolute atomic E-state index is 0.153. The Morgan fingerprint density at radius 1 is 1.11 bits per heavy atom. The number of hydrogen-bond acceptors (Lipinski definition) is 7. The Balaban J connectivity index is 1.53. The number of hydrogen-bond donors (Lipinski definition) is 5. The highest BCUT2D eigenvalue weighted by atomic mass is 32.2. The van der Waals surface area contributed by atoms with Crippen LogP contribution in [0, 0.1) is 0 Å². The Bertz CT molecular complexity index is 1500. The van der Waals surface area contributed by atoms with Crippen molar-refractivity contribution < 1.29 is 19.5 Å². The average Bonchev–Trinajstić information content (AvgIpc) is 3.14. The van der Waals surface area contributed by atoms with E-state index in [1.54, 1.807) is 30.6 Å². The summed E-state index contributed by atoms with van der Waals surface area (Å²) in [5.74, 6) is -0.387. The lowest BCUT2D eigenvalue weighted by atomic mass is 9.98. The highest BCUT2D eigenvalue weighted by molar-refractivity contribution is 8.01. The van der Waals surface area contributed by atoms with Crippen LogP contribution in [-0.4, -0.2) is 64.7 Å². The maximum atomic E-state index is 14.0. The number of aliphatic hydroxyl groups is 1. The first-order valence-electron chi connectivity index (χ1n) is 15.0. The van der Waals surface area contributed by atoms with Crippen LogP contribution < -0.4 is 21.3 Å². The number of benzene rings is 3. The lowest BCUT2D eigenvalue weighted by molar-refractivity contribution is -0.135. The van der Waals surface area contributed by atoms with Crippen molar-refractivity contribution in [2.75, 3.05) is 19.8 Å². The van der Waals surface area contributed by atoms with Gasteiger partial charge in [-0.1, -0.05) is 66.4 Å². The van der Waals surface area contributed by atoms with Crippen LogP contribution in [0.3, 0.4) is 0 Å². The summed E-state index contributed by atoms with van der Waals surface area (Å²) in [7, 11) is 1.59. The van der Waals surface area contributed by atoms with Gasteiger partial charge >= 0.3 is 6.03 Å². The van der Waals surface area contributed by atoms with Gasteiger partial charge < -0.3 is 31.3 Å². The smallest absolute Gasteiger partial charge is 0.314 e. The van der Waals surface area contributed by atoms with Crippen molar-refractivity contribution in [1.82, 2.24) is 26.2 Å². The number of β-amino-alcohol motifs (C(OH)–C–C–N with tert-alkyl or cyclic N) is 1. The Morgan fingerprint density at radius 2 is 1.84 bits per heavy atom. The minimum atomic E-state index is -0.776. The van der Waals surface area contributed by atoms with Crippen LogP contribution in [0.4, 0.5) is 4.79 Å². The van der Waals surface area contributed by atoms with E-state index in [1.165, 1.54) is 11.8 Å². The quantitative estimate of drug-likeness (QED) is 0.180. The van der Waals surface area contributed by atoms with Crippen molar-refractivity contribution in [3.63, 3.8) is 0 Å². The van der Waals surface area contributed by atoms with E-state index in [1.807, 2.05) is 68.6 Å². The first-order chi connectivity index (χ1) is 21.5. The number of carbonyl (C=O) groups excluding carboxylic acids is 3. The molecule has 9 nitrogen and oxygen atoms in total. The third-order valence-electron chi connectivity index (χ3n) is 7.51. The Labute approximate surface area is 274 Å². The first kappa shape index (κ1) is 34.4.